The summed E-state index contributed by atoms with van der Waals surface area (Å²) < 4.78 is 14.3. The van der Waals surface area contributed by atoms with Gasteiger partial charge in [-0.25, -0.2) is 0 Å². The summed E-state index contributed by atoms with van der Waals surface area (Å²) in [6, 6.07) is 81.1. The highest BCUT2D eigenvalue weighted by atomic mass is 16.3. The molecule has 0 aliphatic carbocycles. The third kappa shape index (κ3) is 7.71. The minimum absolute atomic E-state index is 0.946. The van der Waals surface area contributed by atoms with Crippen molar-refractivity contribution in [2.24, 2.45) is 0 Å². The van der Waals surface area contributed by atoms with Crippen molar-refractivity contribution < 1.29 is 8.83 Å². The van der Waals surface area contributed by atoms with Gasteiger partial charge < -0.3 is 13.4 Å². The van der Waals surface area contributed by atoms with Crippen molar-refractivity contribution in [1.82, 2.24) is 4.57 Å². The molecule has 0 fully saturated rings. The van der Waals surface area contributed by atoms with Crippen molar-refractivity contribution in [1.29, 1.82) is 0 Å². The average molecular weight is 850 g/mol. The molecule has 0 radical (unpaired) electrons. The lowest BCUT2D eigenvalue weighted by atomic mass is 10.0. The van der Waals surface area contributed by atoms with Crippen LogP contribution in [0.2, 0.25) is 0 Å². The van der Waals surface area contributed by atoms with Crippen molar-refractivity contribution >= 4 is 65.7 Å². The summed E-state index contributed by atoms with van der Waals surface area (Å²) in [5.74, 6) is 0. The molecule has 0 atom stereocenters. The molecular weight excluding hydrogens is 803 g/mol. The zero-order valence-electron chi connectivity index (χ0n) is 37.2. The molecule has 0 saturated carbocycles. The van der Waals surface area contributed by atoms with E-state index in [0.717, 1.165) is 27.9 Å². The normalized spacial score (nSPS) is 11.3. The van der Waals surface area contributed by atoms with Gasteiger partial charge in [0.15, 0.2) is 0 Å². The second kappa shape index (κ2) is 17.3. The fourth-order valence-corrected chi connectivity index (χ4v) is 9.11. The molecule has 0 spiro atoms. The van der Waals surface area contributed by atoms with Gasteiger partial charge in [-0.1, -0.05) is 193 Å². The van der Waals surface area contributed by atoms with Gasteiger partial charge in [0.1, 0.15) is 22.3 Å². The van der Waals surface area contributed by atoms with Crippen molar-refractivity contribution in [3.8, 4) is 39.1 Å². The highest BCUT2D eigenvalue weighted by Crippen LogP contribution is 2.37. The molecule has 316 valence electrons. The number of furan rings is 2. The zero-order chi connectivity index (χ0) is 44.6. The molecule has 0 aliphatic rings. The first-order valence-corrected chi connectivity index (χ1v) is 22.6. The van der Waals surface area contributed by atoms with Crippen molar-refractivity contribution in [2.75, 3.05) is 0 Å². The maximum Gasteiger partial charge on any atom is 0.143 e. The van der Waals surface area contributed by atoms with Crippen LogP contribution in [0.3, 0.4) is 0 Å². The van der Waals surface area contributed by atoms with Gasteiger partial charge in [0.2, 0.25) is 0 Å². The van der Waals surface area contributed by atoms with Gasteiger partial charge in [-0.3, -0.25) is 0 Å². The molecule has 0 amide bonds. The molecule has 66 heavy (non-hydrogen) atoms. The van der Waals surface area contributed by atoms with Crippen LogP contribution in [0.1, 0.15) is 16.7 Å². The number of hydrogen-bond donors (Lipinski definition) is 0. The van der Waals surface area contributed by atoms with Gasteiger partial charge >= 0.3 is 0 Å². The van der Waals surface area contributed by atoms with Gasteiger partial charge in [0.25, 0.3) is 0 Å². The highest BCUT2D eigenvalue weighted by Gasteiger charge is 2.14. The Bertz CT molecular complexity index is 3800. The molecule has 0 N–H and O–H groups in total. The van der Waals surface area contributed by atoms with Crippen LogP contribution in [-0.2, 0) is 0 Å². The summed E-state index contributed by atoms with van der Waals surface area (Å²) in [5.41, 5.74) is 18.7. The molecule has 3 aromatic heterocycles. The van der Waals surface area contributed by atoms with Crippen LogP contribution >= 0.6 is 0 Å². The van der Waals surface area contributed by atoms with Crippen LogP contribution in [0, 0.1) is 20.8 Å². The maximum absolute atomic E-state index is 6.07. The summed E-state index contributed by atoms with van der Waals surface area (Å²) in [4.78, 5) is 0. The van der Waals surface area contributed by atoms with E-state index in [0.29, 0.717) is 0 Å². The van der Waals surface area contributed by atoms with Crippen molar-refractivity contribution in [3.63, 3.8) is 0 Å². The average Bonchev–Trinajstić information content (AvgIpc) is 4.05. The molecule has 0 bridgehead atoms. The first-order chi connectivity index (χ1) is 32.4. The first-order valence-electron chi connectivity index (χ1n) is 22.6. The minimum atomic E-state index is 0.946. The number of aromatic nitrogens is 1. The first kappa shape index (κ1) is 40.4. The predicted octanol–water partition coefficient (Wildman–Crippen LogP) is 17.9. The Morgan fingerprint density at radius 1 is 0.288 bits per heavy atom. The highest BCUT2D eigenvalue weighted by molar-refractivity contribution is 6.11. The zero-order valence-corrected chi connectivity index (χ0v) is 37.2. The van der Waals surface area contributed by atoms with E-state index in [1.54, 1.807) is 0 Å². The lowest BCUT2D eigenvalue weighted by Gasteiger charge is -2.08. The Kier molecular flexibility index (Phi) is 10.6. The maximum atomic E-state index is 6.07. The summed E-state index contributed by atoms with van der Waals surface area (Å²) in [6.07, 6.45) is 0. The second-order valence-corrected chi connectivity index (χ2v) is 17.1. The van der Waals surface area contributed by atoms with Gasteiger partial charge in [0.05, 0.1) is 11.0 Å². The van der Waals surface area contributed by atoms with Crippen LogP contribution in [0.25, 0.3) is 105 Å². The SMILES string of the molecule is Cc1ccc(-c2ccc3c(c2)c2ccccc2n3-c2ccccc2)cc1.Cc1ccc(-c2ccc3oc4ccccc4c3c2)cc1.Cc1ccc(-c2cccc3c2oc2ccccc23)cc1. The fraction of sp³-hybridized carbons (Fsp3) is 0.0476. The molecule has 0 aliphatic heterocycles. The summed E-state index contributed by atoms with van der Waals surface area (Å²) in [6.45, 7) is 6.34. The molecule has 10 aromatic carbocycles. The van der Waals surface area contributed by atoms with E-state index in [4.69, 9.17) is 8.83 Å². The third-order valence-corrected chi connectivity index (χ3v) is 12.6. The smallest absolute Gasteiger partial charge is 0.143 e. The summed E-state index contributed by atoms with van der Waals surface area (Å²) in [5, 5.41) is 7.30. The lowest BCUT2D eigenvalue weighted by Crippen LogP contribution is -1.92. The summed E-state index contributed by atoms with van der Waals surface area (Å²) in [7, 11) is 0. The fourth-order valence-electron chi connectivity index (χ4n) is 9.11. The molecular formula is C63H47NO2. The molecule has 0 unspecified atom stereocenters. The van der Waals surface area contributed by atoms with Crippen LogP contribution in [0.5, 0.6) is 0 Å². The minimum Gasteiger partial charge on any atom is -0.456 e. The summed E-state index contributed by atoms with van der Waals surface area (Å²) >= 11 is 0. The molecule has 3 nitrogen and oxygen atoms in total. The molecule has 13 aromatic rings. The van der Waals surface area contributed by atoms with Gasteiger partial charge in [0, 0.05) is 43.6 Å². The standard InChI is InChI=1S/C25H19N.2C19H14O/c1-18-11-13-19(14-12-18)20-15-16-25-23(17-20)22-9-5-6-10-24(22)26(25)21-7-3-2-4-8-21;1-13-9-11-14(12-10-13)15-6-4-7-17-16-5-2-3-8-18(16)20-19(15)17;1-13-6-8-14(9-7-13)15-10-11-19-17(12-15)16-4-2-3-5-18(16)20-19/h2-17H,1H3;2*2-12H,1H3. The Balaban J connectivity index is 0.000000111. The number of para-hydroxylation sites is 5. The van der Waals surface area contributed by atoms with E-state index < -0.39 is 0 Å². The van der Waals surface area contributed by atoms with E-state index in [1.807, 2.05) is 24.3 Å². The predicted molar refractivity (Wildman–Crippen MR) is 279 cm³/mol. The number of fused-ring (bicyclic) bond motifs is 9. The van der Waals surface area contributed by atoms with E-state index in [1.165, 1.54) is 93.5 Å². The van der Waals surface area contributed by atoms with Crippen LogP contribution in [0.15, 0.2) is 239 Å². The Morgan fingerprint density at radius 2 is 0.742 bits per heavy atom. The molecule has 13 rings (SSSR count). The largest absolute Gasteiger partial charge is 0.456 e. The van der Waals surface area contributed by atoms with Gasteiger partial charge in [-0.05, 0) is 103 Å². The van der Waals surface area contributed by atoms with Crippen LogP contribution in [0.4, 0.5) is 0 Å². The van der Waals surface area contributed by atoms with Crippen LogP contribution in [-0.4, -0.2) is 4.57 Å². The molecule has 0 saturated heterocycles. The number of hydrogen-bond acceptors (Lipinski definition) is 2. The Morgan fingerprint density at radius 3 is 1.39 bits per heavy atom. The Labute approximate surface area is 384 Å². The van der Waals surface area contributed by atoms with Gasteiger partial charge in [-0.2, -0.15) is 0 Å². The van der Waals surface area contributed by atoms with E-state index in [2.05, 4.69) is 232 Å². The number of rotatable bonds is 4. The third-order valence-electron chi connectivity index (χ3n) is 12.6. The number of aryl methyl sites for hydroxylation is 3. The monoisotopic (exact) mass is 849 g/mol. The van der Waals surface area contributed by atoms with Crippen molar-refractivity contribution in [3.05, 3.63) is 247 Å². The molecule has 3 heterocycles. The lowest BCUT2D eigenvalue weighted by molar-refractivity contribution is 0.669. The second-order valence-electron chi connectivity index (χ2n) is 17.1. The number of nitrogens with zero attached hydrogens (tertiary/aromatic N) is 1. The van der Waals surface area contributed by atoms with Crippen molar-refractivity contribution in [2.45, 2.75) is 20.8 Å². The van der Waals surface area contributed by atoms with Crippen LogP contribution < -0.4 is 0 Å². The van der Waals surface area contributed by atoms with E-state index >= 15 is 0 Å². The topological polar surface area (TPSA) is 31.2 Å². The van der Waals surface area contributed by atoms with E-state index in [9.17, 15) is 0 Å². The quantitative estimate of drug-likeness (QED) is 0.177. The Hall–Kier alpha value is -8.40. The molecule has 3 heteroatoms. The number of benzene rings is 10. The van der Waals surface area contributed by atoms with E-state index in [-0.39, 0.29) is 0 Å². The van der Waals surface area contributed by atoms with Gasteiger partial charge in [-0.15, -0.1) is 0 Å².